The minimum absolute atomic E-state index is 0.0127. The monoisotopic (exact) mass is 398 g/mol. The summed E-state index contributed by atoms with van der Waals surface area (Å²) in [6.45, 7) is 8.70. The number of aryl methyl sites for hydroxylation is 1. The highest BCUT2D eigenvalue weighted by molar-refractivity contribution is 5.79. The lowest BCUT2D eigenvalue weighted by atomic mass is 9.93. The fourth-order valence-electron chi connectivity index (χ4n) is 4.99. The van der Waals surface area contributed by atoms with E-state index in [0.717, 1.165) is 55.6 Å². The van der Waals surface area contributed by atoms with E-state index in [2.05, 4.69) is 31.7 Å². The number of aromatic nitrogens is 3. The lowest BCUT2D eigenvalue weighted by Crippen LogP contribution is -2.42. The highest BCUT2D eigenvalue weighted by Crippen LogP contribution is 2.31. The van der Waals surface area contributed by atoms with Crippen molar-refractivity contribution in [3.05, 3.63) is 28.3 Å². The van der Waals surface area contributed by atoms with Gasteiger partial charge in [-0.05, 0) is 43.2 Å². The molecule has 1 saturated heterocycles. The van der Waals surface area contributed by atoms with Gasteiger partial charge >= 0.3 is 5.69 Å². The second-order valence-electron chi connectivity index (χ2n) is 10.2. The van der Waals surface area contributed by atoms with Crippen molar-refractivity contribution in [1.29, 1.82) is 0 Å². The number of rotatable bonds is 3. The Bertz CT molecular complexity index is 960. The molecule has 0 radical (unpaired) electrons. The van der Waals surface area contributed by atoms with Crippen LogP contribution in [0.5, 0.6) is 0 Å². The van der Waals surface area contributed by atoms with Crippen LogP contribution in [0.4, 0.5) is 0 Å². The van der Waals surface area contributed by atoms with E-state index in [4.69, 9.17) is 4.98 Å². The van der Waals surface area contributed by atoms with Gasteiger partial charge in [-0.3, -0.25) is 13.9 Å². The minimum Gasteiger partial charge on any atom is -0.342 e. The summed E-state index contributed by atoms with van der Waals surface area (Å²) in [6, 6.07) is 4.11. The van der Waals surface area contributed by atoms with Crippen LogP contribution in [0.15, 0.2) is 16.9 Å². The largest absolute Gasteiger partial charge is 0.342 e. The molecular formula is C23H34N4O2. The van der Waals surface area contributed by atoms with Crippen LogP contribution in [-0.4, -0.2) is 38.0 Å². The molecule has 3 heterocycles. The standard InChI is InChI=1S/C23H34N4O2/c1-23(2,3)15-27-19-12-11-18(24-20(19)25(4)22(27)29)17-10-7-13-26(14-17)21(28)16-8-5-6-9-16/h11-12,16-17H,5-10,13-15H2,1-4H3. The third-order valence-electron chi connectivity index (χ3n) is 6.49. The molecule has 158 valence electrons. The van der Waals surface area contributed by atoms with E-state index in [0.29, 0.717) is 12.5 Å². The van der Waals surface area contributed by atoms with Crippen LogP contribution in [0, 0.1) is 11.3 Å². The SMILES string of the molecule is Cn1c(=O)n(CC(C)(C)C)c2ccc(C3CCCN(C(=O)C4CCCC4)C3)nc21. The fraction of sp³-hybridized carbons (Fsp3) is 0.696. The number of imidazole rings is 1. The number of carbonyl (C=O) groups excluding carboxylic acids is 1. The molecule has 29 heavy (non-hydrogen) atoms. The zero-order valence-corrected chi connectivity index (χ0v) is 18.3. The number of hydrogen-bond donors (Lipinski definition) is 0. The maximum Gasteiger partial charge on any atom is 0.330 e. The molecule has 6 nitrogen and oxygen atoms in total. The molecule has 2 fully saturated rings. The highest BCUT2D eigenvalue weighted by Gasteiger charge is 2.31. The molecule has 2 aliphatic rings. The molecule has 1 saturated carbocycles. The quantitative estimate of drug-likeness (QED) is 0.792. The first kappa shape index (κ1) is 20.2. The van der Waals surface area contributed by atoms with Crippen molar-refractivity contribution in [2.75, 3.05) is 13.1 Å². The van der Waals surface area contributed by atoms with Crippen LogP contribution < -0.4 is 5.69 Å². The molecule has 0 N–H and O–H groups in total. The van der Waals surface area contributed by atoms with Gasteiger partial charge in [0.1, 0.15) is 0 Å². The molecule has 0 spiro atoms. The Morgan fingerprint density at radius 1 is 1.14 bits per heavy atom. The van der Waals surface area contributed by atoms with Gasteiger partial charge in [0, 0.05) is 44.2 Å². The number of fused-ring (bicyclic) bond motifs is 1. The smallest absolute Gasteiger partial charge is 0.330 e. The van der Waals surface area contributed by atoms with Crippen molar-refractivity contribution < 1.29 is 4.79 Å². The van der Waals surface area contributed by atoms with Gasteiger partial charge in [-0.15, -0.1) is 0 Å². The number of likely N-dealkylation sites (tertiary alicyclic amines) is 1. The fourth-order valence-corrected chi connectivity index (χ4v) is 4.99. The summed E-state index contributed by atoms with van der Waals surface area (Å²) >= 11 is 0. The number of carbonyl (C=O) groups is 1. The van der Waals surface area contributed by atoms with Crippen LogP contribution >= 0.6 is 0 Å². The molecular weight excluding hydrogens is 364 g/mol. The number of nitrogens with zero attached hydrogens (tertiary/aromatic N) is 4. The third-order valence-corrected chi connectivity index (χ3v) is 6.49. The Morgan fingerprint density at radius 3 is 2.55 bits per heavy atom. The molecule has 1 amide bonds. The Hall–Kier alpha value is -2.11. The molecule has 2 aromatic rings. The summed E-state index contributed by atoms with van der Waals surface area (Å²) in [5, 5.41) is 0. The highest BCUT2D eigenvalue weighted by atomic mass is 16.2. The van der Waals surface area contributed by atoms with E-state index in [1.54, 1.807) is 11.6 Å². The van der Waals surface area contributed by atoms with Crippen molar-refractivity contribution in [3.63, 3.8) is 0 Å². The van der Waals surface area contributed by atoms with Crippen molar-refractivity contribution in [2.24, 2.45) is 18.4 Å². The number of pyridine rings is 1. The van der Waals surface area contributed by atoms with Crippen molar-refractivity contribution in [2.45, 2.75) is 71.8 Å². The topological polar surface area (TPSA) is 60.1 Å². The van der Waals surface area contributed by atoms with E-state index in [1.165, 1.54) is 12.8 Å². The average Bonchev–Trinajstić information content (AvgIpc) is 3.30. The van der Waals surface area contributed by atoms with Crippen LogP contribution in [0.1, 0.15) is 70.9 Å². The van der Waals surface area contributed by atoms with Crippen LogP contribution in [0.2, 0.25) is 0 Å². The summed E-state index contributed by atoms with van der Waals surface area (Å²) in [7, 11) is 1.80. The lowest BCUT2D eigenvalue weighted by molar-refractivity contribution is -0.136. The molecule has 1 aliphatic heterocycles. The van der Waals surface area contributed by atoms with E-state index >= 15 is 0 Å². The first-order valence-electron chi connectivity index (χ1n) is 11.1. The Morgan fingerprint density at radius 2 is 1.86 bits per heavy atom. The average molecular weight is 399 g/mol. The van der Waals surface area contributed by atoms with Crippen LogP contribution in [0.25, 0.3) is 11.2 Å². The molecule has 1 unspecified atom stereocenters. The van der Waals surface area contributed by atoms with Gasteiger partial charge in [0.05, 0.1) is 5.52 Å². The molecule has 6 heteroatoms. The number of amides is 1. The summed E-state index contributed by atoms with van der Waals surface area (Å²) < 4.78 is 3.50. The number of piperidine rings is 1. The molecule has 0 aromatic carbocycles. The molecule has 2 aromatic heterocycles. The predicted octanol–water partition coefficient (Wildman–Crippen LogP) is 3.68. The predicted molar refractivity (Wildman–Crippen MR) is 115 cm³/mol. The van der Waals surface area contributed by atoms with Crippen molar-refractivity contribution >= 4 is 17.1 Å². The Kier molecular flexibility index (Phi) is 5.30. The van der Waals surface area contributed by atoms with Crippen molar-refractivity contribution in [3.8, 4) is 0 Å². The van der Waals surface area contributed by atoms with E-state index in [9.17, 15) is 9.59 Å². The van der Waals surface area contributed by atoms with Gasteiger partial charge in [-0.1, -0.05) is 33.6 Å². The molecule has 1 atom stereocenters. The first-order chi connectivity index (χ1) is 13.7. The summed E-state index contributed by atoms with van der Waals surface area (Å²) in [5.41, 5.74) is 2.65. The summed E-state index contributed by atoms with van der Waals surface area (Å²) in [5.74, 6) is 0.827. The maximum absolute atomic E-state index is 12.9. The van der Waals surface area contributed by atoms with E-state index < -0.39 is 0 Å². The van der Waals surface area contributed by atoms with Crippen LogP contribution in [0.3, 0.4) is 0 Å². The van der Waals surface area contributed by atoms with Gasteiger partial charge in [0.2, 0.25) is 5.91 Å². The second kappa shape index (κ2) is 7.62. The Labute approximate surface area is 172 Å². The number of hydrogen-bond acceptors (Lipinski definition) is 3. The first-order valence-corrected chi connectivity index (χ1v) is 11.1. The van der Waals surface area contributed by atoms with Gasteiger partial charge in [-0.2, -0.15) is 0 Å². The van der Waals surface area contributed by atoms with E-state index in [-0.39, 0.29) is 22.9 Å². The Balaban J connectivity index is 1.60. The molecule has 1 aliphatic carbocycles. The molecule has 0 bridgehead atoms. The van der Waals surface area contributed by atoms with Gasteiger partial charge in [-0.25, -0.2) is 9.78 Å². The lowest BCUT2D eigenvalue weighted by Gasteiger charge is -2.34. The summed E-state index contributed by atoms with van der Waals surface area (Å²) in [4.78, 5) is 32.6. The van der Waals surface area contributed by atoms with Gasteiger partial charge in [0.15, 0.2) is 5.65 Å². The maximum atomic E-state index is 12.9. The minimum atomic E-state index is -0.0127. The van der Waals surface area contributed by atoms with Gasteiger partial charge in [0.25, 0.3) is 0 Å². The normalized spacial score (nSPS) is 21.2. The van der Waals surface area contributed by atoms with Gasteiger partial charge < -0.3 is 4.90 Å². The zero-order valence-electron chi connectivity index (χ0n) is 18.3. The zero-order chi connectivity index (χ0) is 20.8. The molecule has 4 rings (SSSR count). The summed E-state index contributed by atoms with van der Waals surface area (Å²) in [6.07, 6.45) is 6.54. The van der Waals surface area contributed by atoms with Crippen molar-refractivity contribution in [1.82, 2.24) is 19.0 Å². The second-order valence-corrected chi connectivity index (χ2v) is 10.2. The third kappa shape index (κ3) is 3.99. The van der Waals surface area contributed by atoms with Crippen LogP contribution in [-0.2, 0) is 18.4 Å². The van der Waals surface area contributed by atoms with E-state index in [1.807, 2.05) is 10.6 Å².